The average molecular weight is 349 g/mol. The van der Waals surface area contributed by atoms with E-state index in [9.17, 15) is 0 Å². The molecule has 2 aromatic rings. The molecule has 0 saturated heterocycles. The maximum Gasteiger partial charge on any atom is 0.0812 e. The van der Waals surface area contributed by atoms with Crippen LogP contribution in [0.5, 0.6) is 0 Å². The van der Waals surface area contributed by atoms with Crippen LogP contribution in [-0.2, 0) is 0 Å². The lowest BCUT2D eigenvalue weighted by Crippen LogP contribution is -2.26. The van der Waals surface area contributed by atoms with E-state index in [0.29, 0.717) is 0 Å². The van der Waals surface area contributed by atoms with Crippen molar-refractivity contribution < 1.29 is 0 Å². The van der Waals surface area contributed by atoms with E-state index in [1.807, 2.05) is 54.6 Å². The minimum absolute atomic E-state index is 0.808. The third kappa shape index (κ3) is 4.50. The second kappa shape index (κ2) is 8.16. The number of rotatable bonds is 7. The van der Waals surface area contributed by atoms with Gasteiger partial charge in [0.2, 0.25) is 0 Å². The Hall–Kier alpha value is -3.64. The molecule has 0 unspecified atom stereocenters. The van der Waals surface area contributed by atoms with E-state index >= 15 is 0 Å². The molecule has 3 nitrogen and oxygen atoms in total. The lowest BCUT2D eigenvalue weighted by atomic mass is 10.2. The molecular formula is C24H19N3. The zero-order valence-electron chi connectivity index (χ0n) is 14.9. The Balaban J connectivity index is 1.51. The minimum atomic E-state index is 0.808. The largest absolute Gasteiger partial charge is 0.362 e. The van der Waals surface area contributed by atoms with Crippen LogP contribution in [0, 0.1) is 0 Å². The zero-order chi connectivity index (χ0) is 18.3. The Bertz CT molecular complexity index is 985. The van der Waals surface area contributed by atoms with Gasteiger partial charge in [-0.25, -0.2) is 0 Å². The molecule has 2 aliphatic carbocycles. The summed E-state index contributed by atoms with van der Waals surface area (Å²) in [7, 11) is 0. The molecule has 0 saturated carbocycles. The number of hydrogen-bond acceptors (Lipinski definition) is 3. The smallest absolute Gasteiger partial charge is 0.0812 e. The van der Waals surface area contributed by atoms with Crippen molar-refractivity contribution in [1.82, 2.24) is 4.98 Å². The SMILES string of the molecule is C1=CC=CC=1CN(CC1=C=CC=C1)c1ccc(N=Cc2ccccn2)cc1. The fourth-order valence-electron chi connectivity index (χ4n) is 2.92. The highest BCUT2D eigenvalue weighted by molar-refractivity contribution is 5.79. The Morgan fingerprint density at radius 1 is 0.889 bits per heavy atom. The molecule has 1 aromatic carbocycles. The van der Waals surface area contributed by atoms with Gasteiger partial charge in [-0.1, -0.05) is 18.2 Å². The van der Waals surface area contributed by atoms with Gasteiger partial charge >= 0.3 is 0 Å². The number of aliphatic imine (C=N–C) groups is 1. The second-order valence-corrected chi connectivity index (χ2v) is 6.28. The van der Waals surface area contributed by atoms with Crippen molar-refractivity contribution in [2.75, 3.05) is 18.0 Å². The van der Waals surface area contributed by atoms with E-state index < -0.39 is 0 Å². The molecule has 3 heteroatoms. The van der Waals surface area contributed by atoms with E-state index in [1.165, 1.54) is 11.1 Å². The first-order valence-corrected chi connectivity index (χ1v) is 8.91. The molecule has 0 radical (unpaired) electrons. The van der Waals surface area contributed by atoms with E-state index in [2.05, 4.69) is 50.6 Å². The quantitative estimate of drug-likeness (QED) is 0.523. The monoisotopic (exact) mass is 349 g/mol. The molecule has 4 rings (SSSR count). The maximum absolute atomic E-state index is 4.51. The highest BCUT2D eigenvalue weighted by atomic mass is 15.1. The van der Waals surface area contributed by atoms with Crippen molar-refractivity contribution in [3.8, 4) is 0 Å². The number of allylic oxidation sites excluding steroid dienone is 2. The highest BCUT2D eigenvalue weighted by Crippen LogP contribution is 2.23. The molecule has 27 heavy (non-hydrogen) atoms. The van der Waals surface area contributed by atoms with E-state index in [1.54, 1.807) is 12.4 Å². The van der Waals surface area contributed by atoms with Crippen LogP contribution in [0.1, 0.15) is 5.69 Å². The van der Waals surface area contributed by atoms with Gasteiger partial charge in [0, 0.05) is 23.0 Å². The molecule has 0 aliphatic heterocycles. The summed E-state index contributed by atoms with van der Waals surface area (Å²) in [6.45, 7) is 1.62. The molecule has 0 bridgehead atoms. The van der Waals surface area contributed by atoms with Crippen molar-refractivity contribution >= 4 is 17.6 Å². The van der Waals surface area contributed by atoms with Gasteiger partial charge in [-0.2, -0.15) is 0 Å². The summed E-state index contributed by atoms with van der Waals surface area (Å²) in [5.41, 5.74) is 11.8. The van der Waals surface area contributed by atoms with Crippen LogP contribution < -0.4 is 4.90 Å². The number of hydrogen-bond donors (Lipinski definition) is 0. The van der Waals surface area contributed by atoms with E-state index in [4.69, 9.17) is 0 Å². The summed E-state index contributed by atoms with van der Waals surface area (Å²) in [5.74, 6) is 0. The van der Waals surface area contributed by atoms with Gasteiger partial charge in [-0.3, -0.25) is 9.98 Å². The second-order valence-electron chi connectivity index (χ2n) is 6.28. The molecule has 0 spiro atoms. The lowest BCUT2D eigenvalue weighted by Gasteiger charge is -2.24. The summed E-state index contributed by atoms with van der Waals surface area (Å²) < 4.78 is 0. The van der Waals surface area contributed by atoms with Crippen LogP contribution in [0.4, 0.5) is 11.4 Å². The van der Waals surface area contributed by atoms with Crippen molar-refractivity contribution in [2.24, 2.45) is 4.99 Å². The first-order chi connectivity index (χ1) is 13.4. The molecule has 2 aliphatic rings. The number of pyridine rings is 1. The van der Waals surface area contributed by atoms with E-state index in [0.717, 1.165) is 30.2 Å². The first-order valence-electron chi connectivity index (χ1n) is 8.91. The Labute approximate surface area is 159 Å². The average Bonchev–Trinajstić information content (AvgIpc) is 3.41. The van der Waals surface area contributed by atoms with Crippen molar-refractivity contribution in [1.29, 1.82) is 0 Å². The highest BCUT2D eigenvalue weighted by Gasteiger charge is 2.11. The molecule has 0 amide bonds. The van der Waals surface area contributed by atoms with Crippen LogP contribution in [0.3, 0.4) is 0 Å². The molecule has 0 fully saturated rings. The van der Waals surface area contributed by atoms with Crippen LogP contribution >= 0.6 is 0 Å². The standard InChI is InChI=1S/C24H19N3/c1-2-8-20(7-1)18-27(19-21-9-3-4-10-21)24-14-12-22(13-15-24)26-17-23-11-5-6-16-25-23/h1-7,9,11-17H,18-19H2. The van der Waals surface area contributed by atoms with Gasteiger partial charge in [0.1, 0.15) is 0 Å². The fraction of sp³-hybridized carbons (Fsp3) is 0.0833. The summed E-state index contributed by atoms with van der Waals surface area (Å²) >= 11 is 0. The third-order valence-electron chi connectivity index (χ3n) is 4.30. The van der Waals surface area contributed by atoms with Gasteiger partial charge < -0.3 is 4.90 Å². The fourth-order valence-corrected chi connectivity index (χ4v) is 2.92. The number of benzene rings is 1. The number of anilines is 1. The van der Waals surface area contributed by atoms with Crippen LogP contribution in [0.15, 0.2) is 113 Å². The van der Waals surface area contributed by atoms with Crippen molar-refractivity contribution in [2.45, 2.75) is 0 Å². The summed E-state index contributed by atoms with van der Waals surface area (Å²) in [5, 5.41) is 0. The van der Waals surface area contributed by atoms with Crippen LogP contribution in [0.2, 0.25) is 0 Å². The summed E-state index contributed by atoms with van der Waals surface area (Å²) in [6.07, 6.45) is 15.7. The van der Waals surface area contributed by atoms with Crippen molar-refractivity contribution in [3.63, 3.8) is 0 Å². The molecule has 1 heterocycles. The van der Waals surface area contributed by atoms with E-state index in [-0.39, 0.29) is 0 Å². The molecule has 0 atom stereocenters. The summed E-state index contributed by atoms with van der Waals surface area (Å²) in [6, 6.07) is 14.1. The Morgan fingerprint density at radius 3 is 2.15 bits per heavy atom. The van der Waals surface area contributed by atoms with Gasteiger partial charge in [-0.15, -0.1) is 11.5 Å². The maximum atomic E-state index is 4.51. The molecule has 130 valence electrons. The Morgan fingerprint density at radius 2 is 1.59 bits per heavy atom. The number of nitrogens with zero attached hydrogens (tertiary/aromatic N) is 3. The lowest BCUT2D eigenvalue weighted by molar-refractivity contribution is 0.919. The molecule has 0 N–H and O–H groups in total. The van der Waals surface area contributed by atoms with Crippen LogP contribution in [0.25, 0.3) is 0 Å². The van der Waals surface area contributed by atoms with Gasteiger partial charge in [0.15, 0.2) is 0 Å². The normalized spacial score (nSPS) is 14.2. The predicted molar refractivity (Wildman–Crippen MR) is 112 cm³/mol. The summed E-state index contributed by atoms with van der Waals surface area (Å²) in [4.78, 5) is 11.1. The van der Waals surface area contributed by atoms with Crippen LogP contribution in [-0.4, -0.2) is 24.3 Å². The molecule has 1 aromatic heterocycles. The third-order valence-corrected chi connectivity index (χ3v) is 4.30. The predicted octanol–water partition coefficient (Wildman–Crippen LogP) is 4.94. The number of aromatic nitrogens is 1. The Kier molecular flexibility index (Phi) is 5.08. The minimum Gasteiger partial charge on any atom is -0.362 e. The topological polar surface area (TPSA) is 28.5 Å². The first kappa shape index (κ1) is 16.8. The molecular weight excluding hydrogens is 330 g/mol. The van der Waals surface area contributed by atoms with Gasteiger partial charge in [0.05, 0.1) is 30.7 Å². The van der Waals surface area contributed by atoms with Gasteiger partial charge in [0.25, 0.3) is 0 Å². The van der Waals surface area contributed by atoms with Crippen molar-refractivity contribution in [3.05, 3.63) is 113 Å². The zero-order valence-corrected chi connectivity index (χ0v) is 14.9. The van der Waals surface area contributed by atoms with Gasteiger partial charge in [-0.05, 0) is 60.7 Å².